The van der Waals surface area contributed by atoms with Crippen LogP contribution in [0.25, 0.3) is 0 Å². The van der Waals surface area contributed by atoms with Crippen molar-refractivity contribution in [1.82, 2.24) is 5.32 Å². The lowest BCUT2D eigenvalue weighted by Gasteiger charge is -2.38. The predicted octanol–water partition coefficient (Wildman–Crippen LogP) is 4.46. The zero-order valence-corrected chi connectivity index (χ0v) is 16.8. The smallest absolute Gasteiger partial charge is 0.217 e. The largest absolute Gasteiger partial charge is 0.351 e. The Labute approximate surface area is 155 Å². The fourth-order valence-corrected chi connectivity index (χ4v) is 3.78. The summed E-state index contributed by atoms with van der Waals surface area (Å²) in [5, 5.41) is 2.95. The molecule has 0 fully saturated rings. The molecule has 0 bridgehead atoms. The van der Waals surface area contributed by atoms with Crippen molar-refractivity contribution < 1.29 is 9.28 Å². The number of unbranched alkanes of at least 4 members (excludes halogenated alkanes) is 7. The zero-order valence-electron chi connectivity index (χ0n) is 16.8. The van der Waals surface area contributed by atoms with Crippen molar-refractivity contribution in [3.63, 3.8) is 0 Å². The maximum Gasteiger partial charge on any atom is 0.217 e. The standard InChI is InChI=1S/C21H39N3O/c1-4-6-7-8-9-10-11-12-13-14-15-21-23-17-19-24(21,5-2)18-16-22-20(3)25/h4,6,17,21H,5,7-16,18-19H2,1-3H3/p+1/b6-4+. The average molecular weight is 351 g/mol. The van der Waals surface area contributed by atoms with Gasteiger partial charge in [-0.25, -0.2) is 4.99 Å². The molecular formula is C21H40N3O+. The van der Waals surface area contributed by atoms with Gasteiger partial charge in [0.1, 0.15) is 6.54 Å². The fourth-order valence-electron chi connectivity index (χ4n) is 3.78. The van der Waals surface area contributed by atoms with E-state index in [1.807, 2.05) is 0 Å². The summed E-state index contributed by atoms with van der Waals surface area (Å²) < 4.78 is 1.02. The number of aliphatic imine (C=N–C) groups is 1. The molecular weight excluding hydrogens is 310 g/mol. The predicted molar refractivity (Wildman–Crippen MR) is 108 cm³/mol. The number of rotatable bonds is 14. The number of amides is 1. The lowest BCUT2D eigenvalue weighted by atomic mass is 10.1. The number of allylic oxidation sites excluding steroid dienone is 2. The highest BCUT2D eigenvalue weighted by molar-refractivity contribution is 5.72. The molecule has 1 aliphatic rings. The Morgan fingerprint density at radius 2 is 1.88 bits per heavy atom. The summed E-state index contributed by atoms with van der Waals surface area (Å²) in [7, 11) is 0. The van der Waals surface area contributed by atoms with Crippen LogP contribution in [0.4, 0.5) is 0 Å². The molecule has 1 amide bonds. The fraction of sp³-hybridized carbons (Fsp3) is 0.810. The molecule has 4 heteroatoms. The number of hydrogen-bond acceptors (Lipinski definition) is 2. The lowest BCUT2D eigenvalue weighted by molar-refractivity contribution is -0.935. The van der Waals surface area contributed by atoms with Crippen molar-refractivity contribution in [2.75, 3.05) is 26.2 Å². The van der Waals surface area contributed by atoms with E-state index in [1.165, 1.54) is 57.8 Å². The Morgan fingerprint density at radius 1 is 1.20 bits per heavy atom. The van der Waals surface area contributed by atoms with Crippen molar-refractivity contribution in [2.45, 2.75) is 84.7 Å². The summed E-state index contributed by atoms with van der Waals surface area (Å²) in [5.41, 5.74) is 0. The van der Waals surface area contributed by atoms with E-state index >= 15 is 0 Å². The van der Waals surface area contributed by atoms with E-state index in [9.17, 15) is 4.79 Å². The molecule has 0 spiro atoms. The Kier molecular flexibility index (Phi) is 11.5. The van der Waals surface area contributed by atoms with Crippen molar-refractivity contribution in [2.24, 2.45) is 4.99 Å². The highest BCUT2D eigenvalue weighted by atomic mass is 16.1. The van der Waals surface area contributed by atoms with Crippen molar-refractivity contribution in [3.05, 3.63) is 12.2 Å². The maximum atomic E-state index is 11.1. The maximum absolute atomic E-state index is 11.1. The molecule has 0 aromatic carbocycles. The van der Waals surface area contributed by atoms with E-state index in [1.54, 1.807) is 6.92 Å². The minimum absolute atomic E-state index is 0.0663. The number of carbonyl (C=O) groups excluding carboxylic acids is 1. The molecule has 0 saturated carbocycles. The summed E-state index contributed by atoms with van der Waals surface area (Å²) in [6.45, 7) is 9.81. The normalized spacial score (nSPS) is 22.8. The first-order valence-corrected chi connectivity index (χ1v) is 10.4. The first kappa shape index (κ1) is 21.9. The summed E-state index contributed by atoms with van der Waals surface area (Å²) in [6, 6.07) is 0. The van der Waals surface area contributed by atoms with E-state index in [0.29, 0.717) is 6.17 Å². The van der Waals surface area contributed by atoms with E-state index in [4.69, 9.17) is 4.99 Å². The molecule has 144 valence electrons. The Bertz CT molecular complexity index is 419. The molecule has 0 aromatic rings. The third kappa shape index (κ3) is 8.66. The molecule has 25 heavy (non-hydrogen) atoms. The second-order valence-electron chi connectivity index (χ2n) is 7.36. The SMILES string of the molecule is C/C=C/CCCCCCCCCC1N=CC[N+]1(CC)CCNC(C)=O. The van der Waals surface area contributed by atoms with E-state index < -0.39 is 0 Å². The second-order valence-corrected chi connectivity index (χ2v) is 7.36. The van der Waals surface area contributed by atoms with Gasteiger partial charge in [-0.15, -0.1) is 0 Å². The van der Waals surface area contributed by atoms with Crippen LogP contribution in [0.5, 0.6) is 0 Å². The average Bonchev–Trinajstić information content (AvgIpc) is 2.99. The third-order valence-corrected chi connectivity index (χ3v) is 5.48. The molecule has 1 aliphatic heterocycles. The van der Waals surface area contributed by atoms with Gasteiger partial charge < -0.3 is 5.32 Å². The summed E-state index contributed by atoms with van der Waals surface area (Å²) >= 11 is 0. The van der Waals surface area contributed by atoms with Gasteiger partial charge in [-0.2, -0.15) is 0 Å². The van der Waals surface area contributed by atoms with Crippen LogP contribution in [-0.2, 0) is 4.79 Å². The van der Waals surface area contributed by atoms with E-state index in [2.05, 4.69) is 37.5 Å². The minimum Gasteiger partial charge on any atom is -0.351 e. The highest BCUT2D eigenvalue weighted by Gasteiger charge is 2.37. The quantitative estimate of drug-likeness (QED) is 0.280. The van der Waals surface area contributed by atoms with Gasteiger partial charge in [0.15, 0.2) is 6.17 Å². The van der Waals surface area contributed by atoms with Gasteiger partial charge in [0, 0.05) is 13.3 Å². The molecule has 1 heterocycles. The lowest BCUT2D eigenvalue weighted by Crippen LogP contribution is -2.55. The number of carbonyl (C=O) groups is 1. The Morgan fingerprint density at radius 3 is 2.52 bits per heavy atom. The van der Waals surface area contributed by atoms with Gasteiger partial charge in [-0.3, -0.25) is 9.28 Å². The van der Waals surface area contributed by atoms with Gasteiger partial charge >= 0.3 is 0 Å². The Balaban J connectivity index is 2.15. The van der Waals surface area contributed by atoms with Crippen LogP contribution in [-0.4, -0.2) is 48.9 Å². The molecule has 2 atom stereocenters. The van der Waals surface area contributed by atoms with Gasteiger partial charge in [0.05, 0.1) is 25.8 Å². The van der Waals surface area contributed by atoms with Gasteiger partial charge in [0.25, 0.3) is 0 Å². The first-order valence-electron chi connectivity index (χ1n) is 10.4. The first-order chi connectivity index (χ1) is 12.1. The molecule has 2 unspecified atom stereocenters. The second kappa shape index (κ2) is 13.1. The number of nitrogens with one attached hydrogen (secondary N) is 1. The van der Waals surface area contributed by atoms with Crippen molar-refractivity contribution in [1.29, 1.82) is 0 Å². The van der Waals surface area contributed by atoms with E-state index in [-0.39, 0.29) is 5.91 Å². The zero-order chi connectivity index (χ0) is 18.4. The molecule has 1 rings (SSSR count). The van der Waals surface area contributed by atoms with Crippen LogP contribution in [0, 0.1) is 0 Å². The van der Waals surface area contributed by atoms with Crippen LogP contribution < -0.4 is 5.32 Å². The number of nitrogens with zero attached hydrogens (tertiary/aromatic N) is 2. The third-order valence-electron chi connectivity index (χ3n) is 5.48. The van der Waals surface area contributed by atoms with Gasteiger partial charge in [-0.1, -0.05) is 44.3 Å². The molecule has 0 radical (unpaired) electrons. The number of likely N-dealkylation sites (N-methyl/N-ethyl adjacent to an activating group) is 1. The van der Waals surface area contributed by atoms with Crippen molar-refractivity contribution >= 4 is 12.1 Å². The summed E-state index contributed by atoms with van der Waals surface area (Å²) in [4.78, 5) is 15.9. The Hall–Kier alpha value is -1.16. The van der Waals surface area contributed by atoms with Crippen LogP contribution in [0.3, 0.4) is 0 Å². The van der Waals surface area contributed by atoms with Gasteiger partial charge in [0.2, 0.25) is 5.91 Å². The molecule has 0 saturated heterocycles. The van der Waals surface area contributed by atoms with Crippen molar-refractivity contribution in [3.8, 4) is 0 Å². The molecule has 1 N–H and O–H groups in total. The summed E-state index contributed by atoms with van der Waals surface area (Å²) in [5.74, 6) is 0.0663. The van der Waals surface area contributed by atoms with E-state index in [0.717, 1.165) is 30.7 Å². The van der Waals surface area contributed by atoms with Gasteiger partial charge in [-0.05, 0) is 33.1 Å². The van der Waals surface area contributed by atoms with Crippen LogP contribution >= 0.6 is 0 Å². The summed E-state index contributed by atoms with van der Waals surface area (Å²) in [6.07, 6.45) is 18.8. The molecule has 0 aliphatic carbocycles. The number of quaternary nitrogens is 1. The number of hydrogen-bond donors (Lipinski definition) is 1. The van der Waals surface area contributed by atoms with Crippen LogP contribution in [0.2, 0.25) is 0 Å². The topological polar surface area (TPSA) is 41.5 Å². The molecule has 0 aromatic heterocycles. The van der Waals surface area contributed by atoms with Crippen LogP contribution in [0.15, 0.2) is 17.1 Å². The van der Waals surface area contributed by atoms with Crippen LogP contribution in [0.1, 0.15) is 78.6 Å². The highest BCUT2D eigenvalue weighted by Crippen LogP contribution is 2.24. The monoisotopic (exact) mass is 350 g/mol. The minimum atomic E-state index is 0.0663. The molecule has 4 nitrogen and oxygen atoms in total.